The second-order valence-corrected chi connectivity index (χ2v) is 8.77. The number of hydrogen-bond acceptors (Lipinski definition) is 6. The molecule has 0 aromatic heterocycles. The van der Waals surface area contributed by atoms with Gasteiger partial charge < -0.3 is 10.5 Å². The maximum Gasteiger partial charge on any atom is 0.264 e. The molecule has 0 saturated carbocycles. The van der Waals surface area contributed by atoms with E-state index in [1.165, 1.54) is 19.2 Å². The molecule has 1 atom stereocenters. The largest absolute Gasteiger partial charge is 0.496 e. The minimum absolute atomic E-state index is 0.117. The SMILES string of the molecule is COc1ccc(C(CS(C)(=O)=O)N2C(=O)c3cccc(N)c3C2=O)cc1C. The van der Waals surface area contributed by atoms with Crippen molar-refractivity contribution >= 4 is 27.3 Å². The Morgan fingerprint density at radius 1 is 1.15 bits per heavy atom. The first-order chi connectivity index (χ1) is 12.6. The number of amides is 2. The Bertz CT molecular complexity index is 1050. The average molecular weight is 388 g/mol. The first-order valence-electron chi connectivity index (χ1n) is 8.22. The van der Waals surface area contributed by atoms with Crippen molar-refractivity contribution < 1.29 is 22.7 Å². The zero-order valence-electron chi connectivity index (χ0n) is 15.2. The van der Waals surface area contributed by atoms with Gasteiger partial charge in [0, 0.05) is 11.9 Å². The number of fused-ring (bicyclic) bond motifs is 1. The first-order valence-corrected chi connectivity index (χ1v) is 10.3. The Balaban J connectivity index is 2.13. The molecule has 2 aromatic rings. The molecule has 142 valence electrons. The molecule has 1 aliphatic heterocycles. The van der Waals surface area contributed by atoms with Crippen molar-refractivity contribution in [3.8, 4) is 5.75 Å². The molecular weight excluding hydrogens is 368 g/mol. The van der Waals surface area contributed by atoms with Gasteiger partial charge in [-0.1, -0.05) is 18.2 Å². The Morgan fingerprint density at radius 3 is 2.41 bits per heavy atom. The predicted octanol–water partition coefficient (Wildman–Crippen LogP) is 1.97. The number of imide groups is 1. The summed E-state index contributed by atoms with van der Waals surface area (Å²) in [5, 5.41) is 0. The Morgan fingerprint density at radius 2 is 1.85 bits per heavy atom. The number of sulfone groups is 1. The van der Waals surface area contributed by atoms with Gasteiger partial charge in [-0.3, -0.25) is 14.5 Å². The van der Waals surface area contributed by atoms with Crippen LogP contribution < -0.4 is 10.5 Å². The Labute approximate surface area is 157 Å². The quantitative estimate of drug-likeness (QED) is 0.620. The summed E-state index contributed by atoms with van der Waals surface area (Å²) in [6.07, 6.45) is 1.07. The van der Waals surface area contributed by atoms with Crippen LogP contribution in [0.15, 0.2) is 36.4 Å². The van der Waals surface area contributed by atoms with Crippen molar-refractivity contribution in [1.29, 1.82) is 0 Å². The number of anilines is 1. The highest BCUT2D eigenvalue weighted by molar-refractivity contribution is 7.90. The molecule has 2 aromatic carbocycles. The molecule has 8 heteroatoms. The summed E-state index contributed by atoms with van der Waals surface area (Å²) in [5.74, 6) is -0.896. The number of ether oxygens (including phenoxy) is 1. The molecule has 1 unspecified atom stereocenters. The molecule has 0 radical (unpaired) electrons. The molecule has 0 aliphatic carbocycles. The second kappa shape index (κ2) is 6.70. The fourth-order valence-electron chi connectivity index (χ4n) is 3.33. The normalized spacial score (nSPS) is 15.0. The summed E-state index contributed by atoms with van der Waals surface area (Å²) >= 11 is 0. The van der Waals surface area contributed by atoms with E-state index in [-0.39, 0.29) is 22.6 Å². The van der Waals surface area contributed by atoms with Gasteiger partial charge >= 0.3 is 0 Å². The number of methoxy groups -OCH3 is 1. The van der Waals surface area contributed by atoms with Crippen LogP contribution in [0.3, 0.4) is 0 Å². The van der Waals surface area contributed by atoms with E-state index in [9.17, 15) is 18.0 Å². The molecule has 0 spiro atoms. The molecule has 2 N–H and O–H groups in total. The van der Waals surface area contributed by atoms with E-state index in [1.54, 1.807) is 31.2 Å². The van der Waals surface area contributed by atoms with Gasteiger partial charge in [0.1, 0.15) is 15.6 Å². The molecule has 2 amide bonds. The van der Waals surface area contributed by atoms with Gasteiger partial charge in [0.2, 0.25) is 0 Å². The minimum atomic E-state index is -3.49. The van der Waals surface area contributed by atoms with Gasteiger partial charge in [0.05, 0.1) is 30.0 Å². The summed E-state index contributed by atoms with van der Waals surface area (Å²) in [6, 6.07) is 8.75. The lowest BCUT2D eigenvalue weighted by molar-refractivity contribution is 0.0598. The van der Waals surface area contributed by atoms with E-state index >= 15 is 0 Å². The molecule has 1 aliphatic rings. The van der Waals surface area contributed by atoms with Crippen molar-refractivity contribution in [1.82, 2.24) is 4.90 Å². The summed E-state index contributed by atoms with van der Waals surface area (Å²) in [6.45, 7) is 1.81. The van der Waals surface area contributed by atoms with Crippen LogP contribution in [0.1, 0.15) is 37.9 Å². The number of nitrogen functional groups attached to an aromatic ring is 1. The van der Waals surface area contributed by atoms with E-state index in [0.717, 1.165) is 16.7 Å². The lowest BCUT2D eigenvalue weighted by atomic mass is 10.0. The van der Waals surface area contributed by atoms with Crippen LogP contribution in [0, 0.1) is 6.92 Å². The highest BCUT2D eigenvalue weighted by Crippen LogP contribution is 2.35. The van der Waals surface area contributed by atoms with E-state index < -0.39 is 27.7 Å². The topological polar surface area (TPSA) is 107 Å². The Hall–Kier alpha value is -2.87. The third-order valence-corrected chi connectivity index (χ3v) is 5.48. The van der Waals surface area contributed by atoms with Crippen LogP contribution in [0.25, 0.3) is 0 Å². The minimum Gasteiger partial charge on any atom is -0.496 e. The molecule has 3 rings (SSSR count). The number of aryl methyl sites for hydroxylation is 1. The van der Waals surface area contributed by atoms with Crippen molar-refractivity contribution in [2.45, 2.75) is 13.0 Å². The van der Waals surface area contributed by atoms with Gasteiger partial charge in [-0.05, 0) is 36.2 Å². The van der Waals surface area contributed by atoms with Crippen LogP contribution in [-0.4, -0.2) is 44.3 Å². The number of nitrogens with two attached hydrogens (primary N) is 1. The third-order valence-electron chi connectivity index (χ3n) is 4.55. The van der Waals surface area contributed by atoms with Crippen molar-refractivity contribution in [2.75, 3.05) is 24.9 Å². The van der Waals surface area contributed by atoms with Crippen molar-refractivity contribution in [2.24, 2.45) is 0 Å². The highest BCUT2D eigenvalue weighted by atomic mass is 32.2. The Kier molecular flexibility index (Phi) is 4.69. The average Bonchev–Trinajstić information content (AvgIpc) is 2.84. The maximum atomic E-state index is 12.9. The number of nitrogens with zero attached hydrogens (tertiary/aromatic N) is 1. The van der Waals surface area contributed by atoms with Crippen LogP contribution in [0.4, 0.5) is 5.69 Å². The monoisotopic (exact) mass is 388 g/mol. The molecule has 0 saturated heterocycles. The summed E-state index contributed by atoms with van der Waals surface area (Å²) in [7, 11) is -1.96. The van der Waals surface area contributed by atoms with Gasteiger partial charge in [0.25, 0.3) is 11.8 Å². The third kappa shape index (κ3) is 3.40. The number of carbonyl (C=O) groups is 2. The van der Waals surface area contributed by atoms with Crippen LogP contribution in [0.5, 0.6) is 5.75 Å². The standard InChI is InChI=1S/C19H20N2O5S/c1-11-9-12(7-8-16(11)26-2)15(10-27(3,24)25)21-18(22)13-5-4-6-14(20)17(13)19(21)23/h4-9,15H,10,20H2,1-3H3. The van der Waals surface area contributed by atoms with E-state index in [0.29, 0.717) is 11.3 Å². The molecular formula is C19H20N2O5S. The summed E-state index contributed by atoms with van der Waals surface area (Å²) in [5.41, 5.74) is 7.68. The second-order valence-electron chi connectivity index (χ2n) is 6.59. The zero-order valence-corrected chi connectivity index (χ0v) is 16.0. The van der Waals surface area contributed by atoms with Gasteiger partial charge in [0.15, 0.2) is 0 Å². The number of rotatable bonds is 5. The zero-order chi connectivity index (χ0) is 19.9. The van der Waals surface area contributed by atoms with Gasteiger partial charge in [-0.2, -0.15) is 0 Å². The van der Waals surface area contributed by atoms with Crippen LogP contribution in [-0.2, 0) is 9.84 Å². The van der Waals surface area contributed by atoms with E-state index in [1.807, 2.05) is 0 Å². The van der Waals surface area contributed by atoms with E-state index in [4.69, 9.17) is 10.5 Å². The summed E-state index contributed by atoms with van der Waals surface area (Å²) < 4.78 is 29.3. The number of hydrogen-bond donors (Lipinski definition) is 1. The van der Waals surface area contributed by atoms with Crippen molar-refractivity contribution in [3.05, 3.63) is 58.7 Å². The number of benzene rings is 2. The maximum absolute atomic E-state index is 12.9. The molecule has 1 heterocycles. The molecule has 0 bridgehead atoms. The first kappa shape index (κ1) is 18.9. The molecule has 0 fully saturated rings. The fourth-order valence-corrected chi connectivity index (χ4v) is 4.24. The van der Waals surface area contributed by atoms with Crippen LogP contribution >= 0.6 is 0 Å². The van der Waals surface area contributed by atoms with Gasteiger partial charge in [-0.25, -0.2) is 8.42 Å². The van der Waals surface area contributed by atoms with Gasteiger partial charge in [-0.15, -0.1) is 0 Å². The molecule has 7 nitrogen and oxygen atoms in total. The fraction of sp³-hybridized carbons (Fsp3) is 0.263. The number of carbonyl (C=O) groups excluding carboxylic acids is 2. The molecule has 27 heavy (non-hydrogen) atoms. The predicted molar refractivity (Wildman–Crippen MR) is 102 cm³/mol. The lowest BCUT2D eigenvalue weighted by Gasteiger charge is -2.26. The van der Waals surface area contributed by atoms with Crippen LogP contribution in [0.2, 0.25) is 0 Å². The highest BCUT2D eigenvalue weighted by Gasteiger charge is 2.42. The summed E-state index contributed by atoms with van der Waals surface area (Å²) in [4.78, 5) is 26.8. The smallest absolute Gasteiger partial charge is 0.264 e. The lowest BCUT2D eigenvalue weighted by Crippen LogP contribution is -2.37. The van der Waals surface area contributed by atoms with Crippen molar-refractivity contribution in [3.63, 3.8) is 0 Å². The van der Waals surface area contributed by atoms with E-state index in [2.05, 4.69) is 0 Å².